The van der Waals surface area contributed by atoms with Gasteiger partial charge in [-0.1, -0.05) is 82.9 Å². The van der Waals surface area contributed by atoms with E-state index in [9.17, 15) is 16.8 Å². The Hall–Kier alpha value is -2.67. The lowest BCUT2D eigenvalue weighted by Gasteiger charge is -2.35. The largest absolute Gasteiger partial charge is 0.223 e. The van der Waals surface area contributed by atoms with E-state index in [1.807, 2.05) is 30.3 Å². The second-order valence-electron chi connectivity index (χ2n) is 10.9. The lowest BCUT2D eigenvalue weighted by molar-refractivity contribution is 0.494. The number of benzene rings is 3. The number of halogens is 1. The van der Waals surface area contributed by atoms with Crippen molar-refractivity contribution < 1.29 is 16.8 Å². The van der Waals surface area contributed by atoms with Gasteiger partial charge in [0, 0.05) is 16.9 Å². The summed E-state index contributed by atoms with van der Waals surface area (Å²) in [5.41, 5.74) is 4.27. The van der Waals surface area contributed by atoms with Gasteiger partial charge in [0.15, 0.2) is 19.7 Å². The maximum absolute atomic E-state index is 14.4. The van der Waals surface area contributed by atoms with Crippen LogP contribution >= 0.6 is 11.6 Å². The zero-order chi connectivity index (χ0) is 26.2. The van der Waals surface area contributed by atoms with Crippen molar-refractivity contribution in [3.63, 3.8) is 0 Å². The van der Waals surface area contributed by atoms with E-state index in [4.69, 9.17) is 11.6 Å². The molecular weight excluding hydrogens is 536 g/mol. The molecule has 4 bridgehead atoms. The number of hydrogen-bond acceptors (Lipinski definition) is 4. The van der Waals surface area contributed by atoms with Gasteiger partial charge in [0.25, 0.3) is 0 Å². The van der Waals surface area contributed by atoms with Crippen LogP contribution in [0.4, 0.5) is 0 Å². The smallest absolute Gasteiger partial charge is 0.183 e. The number of rotatable bonds is 5. The van der Waals surface area contributed by atoms with Crippen LogP contribution in [0.1, 0.15) is 24.8 Å². The van der Waals surface area contributed by atoms with Crippen LogP contribution in [0.5, 0.6) is 0 Å². The van der Waals surface area contributed by atoms with Crippen LogP contribution in [0.25, 0.3) is 6.08 Å². The monoisotopic (exact) mass is 562 g/mol. The molecular formula is C31H27ClO4S2. The van der Waals surface area contributed by atoms with E-state index in [1.54, 1.807) is 60.7 Å². The van der Waals surface area contributed by atoms with E-state index in [0.717, 1.165) is 30.4 Å². The van der Waals surface area contributed by atoms with Gasteiger partial charge in [0.2, 0.25) is 0 Å². The van der Waals surface area contributed by atoms with Gasteiger partial charge in [-0.2, -0.15) is 0 Å². The first-order valence-electron chi connectivity index (χ1n) is 13.1. The Labute approximate surface area is 228 Å². The molecule has 7 heteroatoms. The molecule has 0 spiro atoms. The van der Waals surface area contributed by atoms with E-state index < -0.39 is 42.0 Å². The van der Waals surface area contributed by atoms with Crippen molar-refractivity contribution >= 4 is 37.4 Å². The van der Waals surface area contributed by atoms with Crippen LogP contribution in [0, 0.1) is 23.7 Å². The van der Waals surface area contributed by atoms with Crippen LogP contribution in [-0.2, 0) is 19.7 Å². The molecule has 38 heavy (non-hydrogen) atoms. The normalized spacial score (nSPS) is 29.7. The fourth-order valence-electron chi connectivity index (χ4n) is 7.73. The standard InChI is InChI=1S/C31H27ClO4S2/c32-22-15-11-19(12-16-22)17-25-28-26-20-13-14-21(18-20)27(26)29(25)31(38(35,36)24-9-5-2-6-10-24)30(28)37(33,34)23-7-3-1-4-8-23/h1-12,15-17,20-21,28-31H,13-14,18H2. The maximum Gasteiger partial charge on any atom is 0.183 e. The molecule has 4 nitrogen and oxygen atoms in total. The lowest BCUT2D eigenvalue weighted by Crippen LogP contribution is -2.45. The number of fused-ring (bicyclic) bond motifs is 8. The molecule has 0 aromatic heterocycles. The van der Waals surface area contributed by atoms with Crippen LogP contribution in [-0.4, -0.2) is 27.3 Å². The van der Waals surface area contributed by atoms with E-state index in [-0.39, 0.29) is 9.79 Å². The summed E-state index contributed by atoms with van der Waals surface area (Å²) in [6.45, 7) is 0. The highest BCUT2D eigenvalue weighted by Crippen LogP contribution is 2.68. The first-order valence-corrected chi connectivity index (χ1v) is 16.5. The Balaban J connectivity index is 1.49. The zero-order valence-corrected chi connectivity index (χ0v) is 23.0. The van der Waals surface area contributed by atoms with Crippen molar-refractivity contribution in [2.24, 2.45) is 23.7 Å². The van der Waals surface area contributed by atoms with E-state index >= 15 is 0 Å². The fraction of sp³-hybridized carbons (Fsp3) is 0.290. The predicted octanol–water partition coefficient (Wildman–Crippen LogP) is 6.39. The summed E-state index contributed by atoms with van der Waals surface area (Å²) in [6, 6.07) is 24.2. The minimum Gasteiger partial charge on any atom is -0.223 e. The number of hydrogen-bond donors (Lipinski definition) is 0. The van der Waals surface area contributed by atoms with Gasteiger partial charge < -0.3 is 0 Å². The second-order valence-corrected chi connectivity index (χ2v) is 15.6. The molecule has 4 aliphatic carbocycles. The van der Waals surface area contributed by atoms with E-state index in [2.05, 4.69) is 0 Å². The van der Waals surface area contributed by atoms with Crippen molar-refractivity contribution in [3.05, 3.63) is 112 Å². The molecule has 0 aliphatic heterocycles. The molecule has 3 aromatic rings. The maximum atomic E-state index is 14.4. The Morgan fingerprint density at radius 2 is 1.08 bits per heavy atom. The highest BCUT2D eigenvalue weighted by atomic mass is 35.5. The molecule has 0 saturated heterocycles. The summed E-state index contributed by atoms with van der Waals surface area (Å²) in [4.78, 5) is 0.365. The highest BCUT2D eigenvalue weighted by Gasteiger charge is 2.67. The van der Waals surface area contributed by atoms with Gasteiger partial charge in [-0.3, -0.25) is 0 Å². The second kappa shape index (κ2) is 8.67. The summed E-state index contributed by atoms with van der Waals surface area (Å²) < 4.78 is 57.7. The molecule has 6 unspecified atom stereocenters. The van der Waals surface area contributed by atoms with Crippen LogP contribution in [0.3, 0.4) is 0 Å². The topological polar surface area (TPSA) is 68.3 Å². The van der Waals surface area contributed by atoms with Crippen molar-refractivity contribution in [2.75, 3.05) is 0 Å². The Morgan fingerprint density at radius 1 is 0.632 bits per heavy atom. The Bertz CT molecular complexity index is 1590. The van der Waals surface area contributed by atoms with Crippen LogP contribution < -0.4 is 0 Å². The molecule has 4 aliphatic rings. The summed E-state index contributed by atoms with van der Waals surface area (Å²) in [7, 11) is -7.95. The molecule has 0 radical (unpaired) electrons. The SMILES string of the molecule is O=S(=O)(c1ccccc1)C1C2C(=Cc3ccc(Cl)cc3)C(C3=C2C2CCC3C2)C1S(=O)(=O)c1ccccc1. The average molecular weight is 563 g/mol. The molecule has 2 fully saturated rings. The zero-order valence-electron chi connectivity index (χ0n) is 20.6. The highest BCUT2D eigenvalue weighted by molar-refractivity contribution is 7.96. The first kappa shape index (κ1) is 24.4. The summed E-state index contributed by atoms with van der Waals surface area (Å²) in [6.07, 6.45) is 5.16. The van der Waals surface area contributed by atoms with E-state index in [1.165, 1.54) is 11.1 Å². The minimum absolute atomic E-state index is 0.182. The molecule has 3 aromatic carbocycles. The average Bonchev–Trinajstić information content (AvgIpc) is 3.70. The third kappa shape index (κ3) is 3.46. The molecule has 7 rings (SSSR count). The van der Waals surface area contributed by atoms with Crippen molar-refractivity contribution in [2.45, 2.75) is 39.6 Å². The van der Waals surface area contributed by atoms with Gasteiger partial charge in [-0.25, -0.2) is 16.8 Å². The molecule has 0 amide bonds. The summed E-state index contributed by atoms with van der Waals surface area (Å²) in [5, 5.41) is -1.53. The van der Waals surface area contributed by atoms with Gasteiger partial charge in [-0.15, -0.1) is 0 Å². The lowest BCUT2D eigenvalue weighted by atomic mass is 9.82. The Morgan fingerprint density at radius 3 is 1.53 bits per heavy atom. The molecule has 6 atom stereocenters. The quantitative estimate of drug-likeness (QED) is 0.267. The number of allylic oxidation sites excluding steroid dienone is 3. The molecule has 194 valence electrons. The molecule has 0 N–H and O–H groups in total. The predicted molar refractivity (Wildman–Crippen MR) is 149 cm³/mol. The number of sulfone groups is 2. The van der Waals surface area contributed by atoms with Gasteiger partial charge >= 0.3 is 0 Å². The molecule has 0 heterocycles. The third-order valence-corrected chi connectivity index (χ3v) is 13.9. The van der Waals surface area contributed by atoms with Gasteiger partial charge in [-0.05, 0) is 73.1 Å². The summed E-state index contributed by atoms with van der Waals surface area (Å²) >= 11 is 6.14. The van der Waals surface area contributed by atoms with Crippen LogP contribution in [0.2, 0.25) is 5.02 Å². The van der Waals surface area contributed by atoms with Gasteiger partial charge in [0.05, 0.1) is 20.3 Å². The molecule has 2 saturated carbocycles. The van der Waals surface area contributed by atoms with Crippen molar-refractivity contribution in [1.82, 2.24) is 0 Å². The van der Waals surface area contributed by atoms with Gasteiger partial charge in [0.1, 0.15) is 0 Å². The third-order valence-electron chi connectivity index (χ3n) is 9.08. The minimum atomic E-state index is -3.97. The van der Waals surface area contributed by atoms with E-state index in [0.29, 0.717) is 16.9 Å². The Kier molecular flexibility index (Phi) is 5.56. The fourth-order valence-corrected chi connectivity index (χ4v) is 12.8. The summed E-state index contributed by atoms with van der Waals surface area (Å²) in [5.74, 6) is -0.190. The first-order chi connectivity index (χ1) is 18.3. The van der Waals surface area contributed by atoms with Crippen molar-refractivity contribution in [1.29, 1.82) is 0 Å². The van der Waals surface area contributed by atoms with Crippen LogP contribution in [0.15, 0.2) is 111 Å². The van der Waals surface area contributed by atoms with Crippen molar-refractivity contribution in [3.8, 4) is 0 Å².